The Labute approximate surface area is 131 Å². The van der Waals surface area contributed by atoms with Crippen molar-refractivity contribution in [3.63, 3.8) is 0 Å². The van der Waals surface area contributed by atoms with Gasteiger partial charge >= 0.3 is 40.6 Å². The van der Waals surface area contributed by atoms with Crippen LogP contribution in [0.15, 0.2) is 0 Å². The second-order valence-electron chi connectivity index (χ2n) is 4.27. The van der Waals surface area contributed by atoms with Gasteiger partial charge in [-0.15, -0.1) is 10.1 Å². The first-order valence-corrected chi connectivity index (χ1v) is 6.52. The fraction of sp³-hybridized carbons (Fsp3) is 0.917. The van der Waals surface area contributed by atoms with E-state index in [0.29, 0.717) is 6.42 Å². The maximum atomic E-state index is 10.8. The molecule has 0 aromatic carbocycles. The third kappa shape index (κ3) is 15.9. The first kappa shape index (κ1) is 20.2. The van der Waals surface area contributed by atoms with Crippen molar-refractivity contribution in [3.8, 4) is 0 Å². The Bertz CT molecular complexity index is 224. The molecule has 0 saturated heterocycles. The van der Waals surface area contributed by atoms with Gasteiger partial charge in [-0.3, -0.25) is 4.79 Å². The number of hydrogen-bond acceptors (Lipinski definition) is 4. The van der Waals surface area contributed by atoms with E-state index < -0.39 is 11.1 Å². The molecule has 0 aliphatic heterocycles. The van der Waals surface area contributed by atoms with Crippen molar-refractivity contribution in [2.24, 2.45) is 0 Å². The summed E-state index contributed by atoms with van der Waals surface area (Å²) in [6.07, 6.45) is 10.5. The second-order valence-corrected chi connectivity index (χ2v) is 4.27. The molecule has 6 heteroatoms. The van der Waals surface area contributed by atoms with Gasteiger partial charge in [-0.1, -0.05) is 58.3 Å². The summed E-state index contributed by atoms with van der Waals surface area (Å²) in [5.74, 6) is -0.738. The van der Waals surface area contributed by atoms with E-state index in [4.69, 9.17) is 0 Å². The standard InChI is InChI=1S/C12H23NO4.Na.H/c1-2-3-4-5-6-7-8-9-10-11-12(14)17-13(15)16;;/h2-11H2,1H3;;. The summed E-state index contributed by atoms with van der Waals surface area (Å²) in [4.78, 5) is 24.4. The Morgan fingerprint density at radius 3 is 1.89 bits per heavy atom. The van der Waals surface area contributed by atoms with Crippen LogP contribution >= 0.6 is 0 Å². The summed E-state index contributed by atoms with van der Waals surface area (Å²) in [5, 5.41) is 8.79. The molecule has 0 fully saturated rings. The summed E-state index contributed by atoms with van der Waals surface area (Å²) >= 11 is 0. The zero-order valence-electron chi connectivity index (χ0n) is 10.7. The van der Waals surface area contributed by atoms with E-state index in [0.717, 1.165) is 12.8 Å². The quantitative estimate of drug-likeness (QED) is 0.250. The van der Waals surface area contributed by atoms with Crippen LogP contribution in [0, 0.1) is 10.1 Å². The molecule has 0 aliphatic rings. The van der Waals surface area contributed by atoms with Crippen molar-refractivity contribution in [1.29, 1.82) is 0 Å². The molecule has 0 aliphatic carbocycles. The topological polar surface area (TPSA) is 69.4 Å². The molecule has 102 valence electrons. The zero-order valence-corrected chi connectivity index (χ0v) is 10.7. The van der Waals surface area contributed by atoms with E-state index in [1.165, 1.54) is 38.5 Å². The van der Waals surface area contributed by atoms with E-state index in [1.807, 2.05) is 0 Å². The molecule has 0 amide bonds. The minimum absolute atomic E-state index is 0. The van der Waals surface area contributed by atoms with E-state index in [2.05, 4.69) is 11.8 Å². The van der Waals surface area contributed by atoms with Gasteiger partial charge in [0, 0.05) is 6.42 Å². The number of hydrogen-bond donors (Lipinski definition) is 0. The van der Waals surface area contributed by atoms with Crippen molar-refractivity contribution in [2.45, 2.75) is 71.1 Å². The van der Waals surface area contributed by atoms with Crippen LogP contribution in [0.5, 0.6) is 0 Å². The molecular weight excluding hydrogens is 245 g/mol. The van der Waals surface area contributed by atoms with E-state index in [9.17, 15) is 14.9 Å². The molecular formula is C12H24NNaO4. The van der Waals surface area contributed by atoms with Gasteiger partial charge in [-0.05, 0) is 6.42 Å². The zero-order chi connectivity index (χ0) is 12.9. The summed E-state index contributed by atoms with van der Waals surface area (Å²) in [7, 11) is 0. The molecule has 0 bridgehead atoms. The first-order chi connectivity index (χ1) is 8.16. The molecule has 0 N–H and O–H groups in total. The Morgan fingerprint density at radius 1 is 1.00 bits per heavy atom. The van der Waals surface area contributed by atoms with Gasteiger partial charge in [0.15, 0.2) is 0 Å². The third-order valence-electron chi connectivity index (χ3n) is 2.66. The number of carbonyl (C=O) groups excluding carboxylic acids is 1. The van der Waals surface area contributed by atoms with Gasteiger partial charge in [-0.25, -0.2) is 4.84 Å². The summed E-state index contributed by atoms with van der Waals surface area (Å²) < 4.78 is 0. The molecule has 0 atom stereocenters. The van der Waals surface area contributed by atoms with Crippen LogP contribution in [0.25, 0.3) is 0 Å². The summed E-state index contributed by atoms with van der Waals surface area (Å²) in [6, 6.07) is 0. The van der Waals surface area contributed by atoms with Gasteiger partial charge in [0.1, 0.15) is 0 Å². The molecule has 18 heavy (non-hydrogen) atoms. The fourth-order valence-electron chi connectivity index (χ4n) is 1.71. The SMILES string of the molecule is CCCCCCCCCCCC(=O)O[N+](=O)[O-].[NaH]. The monoisotopic (exact) mass is 269 g/mol. The molecule has 0 unspecified atom stereocenters. The van der Waals surface area contributed by atoms with Gasteiger partial charge < -0.3 is 0 Å². The van der Waals surface area contributed by atoms with Gasteiger partial charge in [0.2, 0.25) is 0 Å². The van der Waals surface area contributed by atoms with Crippen LogP contribution in [-0.4, -0.2) is 40.6 Å². The van der Waals surface area contributed by atoms with Crippen LogP contribution in [0.4, 0.5) is 0 Å². The van der Waals surface area contributed by atoms with Crippen LogP contribution < -0.4 is 0 Å². The minimum atomic E-state index is -1.05. The Balaban J connectivity index is 0. The van der Waals surface area contributed by atoms with E-state index in [1.54, 1.807) is 0 Å². The van der Waals surface area contributed by atoms with Crippen molar-refractivity contribution >= 4 is 35.5 Å². The second kappa shape index (κ2) is 14.9. The van der Waals surface area contributed by atoms with Crippen LogP contribution in [0.1, 0.15) is 71.1 Å². The molecule has 0 spiro atoms. The molecule has 0 heterocycles. The third-order valence-corrected chi connectivity index (χ3v) is 2.66. The summed E-state index contributed by atoms with van der Waals surface area (Å²) in [6.45, 7) is 2.20. The fourth-order valence-corrected chi connectivity index (χ4v) is 1.71. The van der Waals surface area contributed by atoms with Crippen molar-refractivity contribution in [2.75, 3.05) is 0 Å². The molecule has 0 aromatic rings. The van der Waals surface area contributed by atoms with Gasteiger partial charge in [-0.2, -0.15) is 0 Å². The van der Waals surface area contributed by atoms with Crippen LogP contribution in [0.3, 0.4) is 0 Å². The van der Waals surface area contributed by atoms with Crippen LogP contribution in [-0.2, 0) is 9.63 Å². The van der Waals surface area contributed by atoms with Gasteiger partial charge in [0.25, 0.3) is 0 Å². The van der Waals surface area contributed by atoms with Crippen molar-refractivity contribution < 1.29 is 14.7 Å². The van der Waals surface area contributed by atoms with Crippen LogP contribution in [0.2, 0.25) is 0 Å². The number of unbranched alkanes of at least 4 members (excludes halogenated alkanes) is 8. The molecule has 0 saturated carbocycles. The predicted molar refractivity (Wildman–Crippen MR) is 72.1 cm³/mol. The van der Waals surface area contributed by atoms with E-state index >= 15 is 0 Å². The number of carbonyl (C=O) groups is 1. The molecule has 0 rings (SSSR count). The molecule has 0 aromatic heterocycles. The maximum absolute atomic E-state index is 10.8. The summed E-state index contributed by atoms with van der Waals surface area (Å²) in [5.41, 5.74) is 0. The first-order valence-electron chi connectivity index (χ1n) is 6.52. The Kier molecular flexibility index (Phi) is 16.7. The molecule has 0 radical (unpaired) electrons. The Morgan fingerprint density at radius 2 is 1.44 bits per heavy atom. The average molecular weight is 269 g/mol. The average Bonchev–Trinajstić information content (AvgIpc) is 2.26. The van der Waals surface area contributed by atoms with Gasteiger partial charge in [0.05, 0.1) is 0 Å². The molecule has 5 nitrogen and oxygen atoms in total. The normalized spacial score (nSPS) is 9.61. The Hall–Kier alpha value is -0.130. The van der Waals surface area contributed by atoms with Crippen molar-refractivity contribution in [3.05, 3.63) is 10.1 Å². The van der Waals surface area contributed by atoms with E-state index in [-0.39, 0.29) is 36.0 Å². The number of nitrogens with zero attached hydrogens (tertiary/aromatic N) is 1. The number of rotatable bonds is 11. The van der Waals surface area contributed by atoms with Crippen molar-refractivity contribution in [1.82, 2.24) is 0 Å². The predicted octanol–water partition coefficient (Wildman–Crippen LogP) is 2.99.